The Morgan fingerprint density at radius 3 is 2.33 bits per heavy atom. The number of nitrogens with one attached hydrogen (secondary N) is 1. The van der Waals surface area contributed by atoms with Crippen molar-refractivity contribution in [2.75, 3.05) is 0 Å². The summed E-state index contributed by atoms with van der Waals surface area (Å²) < 4.78 is 12.8. The van der Waals surface area contributed by atoms with Gasteiger partial charge in [-0.2, -0.15) is 0 Å². The molecule has 1 heterocycles. The summed E-state index contributed by atoms with van der Waals surface area (Å²) in [5, 5.41) is 3.36. The van der Waals surface area contributed by atoms with Crippen molar-refractivity contribution in [3.63, 3.8) is 0 Å². The number of benzene rings is 1. The molecule has 0 spiro atoms. The Hall–Kier alpha value is -1.81. The minimum atomic E-state index is -0.232. The van der Waals surface area contributed by atoms with Crippen LogP contribution in [0.2, 0.25) is 0 Å². The van der Waals surface area contributed by atoms with E-state index >= 15 is 0 Å². The van der Waals surface area contributed by atoms with Gasteiger partial charge in [-0.15, -0.1) is 0 Å². The summed E-state index contributed by atoms with van der Waals surface area (Å²) in [6.45, 7) is 0.717. The molecular formula is C14H14FN3. The lowest BCUT2D eigenvalue weighted by Gasteiger charge is -2.04. The molecule has 0 amide bonds. The number of halogens is 1. The fraction of sp³-hybridized carbons (Fsp3) is 0.286. The van der Waals surface area contributed by atoms with Gasteiger partial charge in [-0.05, 0) is 30.5 Å². The van der Waals surface area contributed by atoms with Gasteiger partial charge in [0.25, 0.3) is 0 Å². The van der Waals surface area contributed by atoms with Gasteiger partial charge in [0.15, 0.2) is 0 Å². The molecule has 3 rings (SSSR count). The molecule has 1 aliphatic rings. The molecule has 0 bridgehead atoms. The SMILES string of the molecule is Fc1ccc(-c2cnc(CNC3CC3)nc2)cc1. The van der Waals surface area contributed by atoms with E-state index in [0.29, 0.717) is 12.6 Å². The molecule has 1 fully saturated rings. The number of hydrogen-bond donors (Lipinski definition) is 1. The molecule has 3 nitrogen and oxygen atoms in total. The monoisotopic (exact) mass is 243 g/mol. The van der Waals surface area contributed by atoms with E-state index in [-0.39, 0.29) is 5.82 Å². The molecule has 0 atom stereocenters. The largest absolute Gasteiger partial charge is 0.307 e. The summed E-state index contributed by atoms with van der Waals surface area (Å²) in [5.41, 5.74) is 1.84. The number of nitrogens with zero attached hydrogens (tertiary/aromatic N) is 2. The first-order valence-corrected chi connectivity index (χ1v) is 6.11. The van der Waals surface area contributed by atoms with E-state index < -0.39 is 0 Å². The van der Waals surface area contributed by atoms with Crippen molar-refractivity contribution >= 4 is 0 Å². The van der Waals surface area contributed by atoms with Crippen LogP contribution in [0.1, 0.15) is 18.7 Å². The molecule has 18 heavy (non-hydrogen) atoms. The molecule has 1 aromatic carbocycles. The van der Waals surface area contributed by atoms with E-state index in [2.05, 4.69) is 15.3 Å². The van der Waals surface area contributed by atoms with Gasteiger partial charge in [-0.25, -0.2) is 14.4 Å². The highest BCUT2D eigenvalue weighted by atomic mass is 19.1. The molecule has 1 N–H and O–H groups in total. The van der Waals surface area contributed by atoms with Crippen molar-refractivity contribution in [1.29, 1.82) is 0 Å². The second kappa shape index (κ2) is 4.82. The van der Waals surface area contributed by atoms with Crippen LogP contribution in [0, 0.1) is 5.82 Å². The van der Waals surface area contributed by atoms with Gasteiger partial charge in [0.1, 0.15) is 11.6 Å². The quantitative estimate of drug-likeness (QED) is 0.896. The van der Waals surface area contributed by atoms with Crippen molar-refractivity contribution < 1.29 is 4.39 Å². The molecule has 92 valence electrons. The second-order valence-electron chi connectivity index (χ2n) is 4.55. The van der Waals surface area contributed by atoms with E-state index in [9.17, 15) is 4.39 Å². The van der Waals surface area contributed by atoms with Crippen LogP contribution in [0.25, 0.3) is 11.1 Å². The van der Waals surface area contributed by atoms with E-state index in [1.807, 2.05) is 0 Å². The van der Waals surface area contributed by atoms with E-state index in [4.69, 9.17) is 0 Å². The summed E-state index contributed by atoms with van der Waals surface area (Å²) >= 11 is 0. The van der Waals surface area contributed by atoms with E-state index in [1.165, 1.54) is 25.0 Å². The topological polar surface area (TPSA) is 37.8 Å². The molecule has 0 saturated heterocycles. The van der Waals surface area contributed by atoms with Gasteiger partial charge in [-0.1, -0.05) is 12.1 Å². The van der Waals surface area contributed by atoms with Crippen molar-refractivity contribution in [3.8, 4) is 11.1 Å². The first kappa shape index (κ1) is 11.3. The minimum Gasteiger partial charge on any atom is -0.307 e. The highest BCUT2D eigenvalue weighted by Gasteiger charge is 2.20. The van der Waals surface area contributed by atoms with Gasteiger partial charge in [0, 0.05) is 24.0 Å². The third-order valence-corrected chi connectivity index (χ3v) is 3.01. The Balaban J connectivity index is 1.71. The minimum absolute atomic E-state index is 0.232. The van der Waals surface area contributed by atoms with Gasteiger partial charge < -0.3 is 5.32 Å². The van der Waals surface area contributed by atoms with Crippen molar-refractivity contribution in [1.82, 2.24) is 15.3 Å². The summed E-state index contributed by atoms with van der Waals surface area (Å²) in [6.07, 6.45) is 6.08. The average molecular weight is 243 g/mol. The summed E-state index contributed by atoms with van der Waals surface area (Å²) in [6, 6.07) is 7.01. The predicted octanol–water partition coefficient (Wildman–Crippen LogP) is 2.53. The molecule has 1 aromatic heterocycles. The van der Waals surface area contributed by atoms with Crippen LogP contribution in [0.5, 0.6) is 0 Å². The Labute approximate surface area is 105 Å². The smallest absolute Gasteiger partial charge is 0.141 e. The third-order valence-electron chi connectivity index (χ3n) is 3.01. The van der Waals surface area contributed by atoms with Crippen molar-refractivity contribution in [2.24, 2.45) is 0 Å². The Bertz CT molecular complexity index is 518. The van der Waals surface area contributed by atoms with Crippen LogP contribution in [0.15, 0.2) is 36.7 Å². The predicted molar refractivity (Wildman–Crippen MR) is 67.3 cm³/mol. The summed E-state index contributed by atoms with van der Waals surface area (Å²) in [5.74, 6) is 0.567. The van der Waals surface area contributed by atoms with Gasteiger partial charge in [0.05, 0.1) is 6.54 Å². The number of aromatic nitrogens is 2. The Morgan fingerprint density at radius 1 is 1.06 bits per heavy atom. The maximum absolute atomic E-state index is 12.8. The fourth-order valence-electron chi connectivity index (χ4n) is 1.76. The molecule has 1 saturated carbocycles. The third kappa shape index (κ3) is 2.71. The molecule has 0 radical (unpaired) electrons. The lowest BCUT2D eigenvalue weighted by molar-refractivity contribution is 0.628. The molecular weight excluding hydrogens is 229 g/mol. The highest BCUT2D eigenvalue weighted by molar-refractivity contribution is 5.61. The molecule has 2 aromatic rings. The van der Waals surface area contributed by atoms with Gasteiger partial charge >= 0.3 is 0 Å². The fourth-order valence-corrected chi connectivity index (χ4v) is 1.76. The zero-order valence-electron chi connectivity index (χ0n) is 9.94. The van der Waals surface area contributed by atoms with Crippen LogP contribution >= 0.6 is 0 Å². The highest BCUT2D eigenvalue weighted by Crippen LogP contribution is 2.20. The zero-order chi connectivity index (χ0) is 12.4. The van der Waals surface area contributed by atoms with Crippen LogP contribution in [-0.4, -0.2) is 16.0 Å². The lowest BCUT2D eigenvalue weighted by atomic mass is 10.1. The zero-order valence-corrected chi connectivity index (χ0v) is 9.94. The normalized spacial score (nSPS) is 14.7. The lowest BCUT2D eigenvalue weighted by Crippen LogP contribution is -2.17. The number of rotatable bonds is 4. The van der Waals surface area contributed by atoms with Crippen LogP contribution < -0.4 is 5.32 Å². The average Bonchev–Trinajstić information content (AvgIpc) is 3.22. The van der Waals surface area contributed by atoms with Crippen molar-refractivity contribution in [2.45, 2.75) is 25.4 Å². The van der Waals surface area contributed by atoms with Crippen LogP contribution in [-0.2, 0) is 6.54 Å². The first-order valence-electron chi connectivity index (χ1n) is 6.11. The van der Waals surface area contributed by atoms with Gasteiger partial charge in [-0.3, -0.25) is 0 Å². The number of hydrogen-bond acceptors (Lipinski definition) is 3. The molecule has 0 aliphatic heterocycles. The van der Waals surface area contributed by atoms with Crippen molar-refractivity contribution in [3.05, 3.63) is 48.3 Å². The Kier molecular flexibility index (Phi) is 3.02. The van der Waals surface area contributed by atoms with Gasteiger partial charge in [0.2, 0.25) is 0 Å². The Morgan fingerprint density at radius 2 is 1.72 bits per heavy atom. The van der Waals surface area contributed by atoms with E-state index in [0.717, 1.165) is 17.0 Å². The standard InChI is InChI=1S/C14H14FN3/c15-12-3-1-10(2-4-12)11-7-17-14(18-8-11)9-16-13-5-6-13/h1-4,7-8,13,16H,5-6,9H2. The van der Waals surface area contributed by atoms with E-state index in [1.54, 1.807) is 24.5 Å². The molecule has 0 unspecified atom stereocenters. The molecule has 4 heteroatoms. The maximum Gasteiger partial charge on any atom is 0.141 e. The van der Waals surface area contributed by atoms with Crippen LogP contribution in [0.3, 0.4) is 0 Å². The maximum atomic E-state index is 12.8. The second-order valence-corrected chi connectivity index (χ2v) is 4.55. The first-order chi connectivity index (χ1) is 8.81. The molecule has 1 aliphatic carbocycles. The van der Waals surface area contributed by atoms with Crippen LogP contribution in [0.4, 0.5) is 4.39 Å². The summed E-state index contributed by atoms with van der Waals surface area (Å²) in [7, 11) is 0. The summed E-state index contributed by atoms with van der Waals surface area (Å²) in [4.78, 5) is 8.62.